The van der Waals surface area contributed by atoms with Crippen molar-refractivity contribution in [3.05, 3.63) is 28.8 Å². The summed E-state index contributed by atoms with van der Waals surface area (Å²) in [4.78, 5) is 0. The first-order valence-corrected chi connectivity index (χ1v) is 8.35. The predicted molar refractivity (Wildman–Crippen MR) is 86.4 cm³/mol. The molecule has 0 saturated carbocycles. The normalized spacial score (nSPS) is 24.2. The maximum atomic E-state index is 10.7. The maximum Gasteiger partial charge on any atom is 0.126 e. The van der Waals surface area contributed by atoms with Gasteiger partial charge in [-0.05, 0) is 32.3 Å². The maximum absolute atomic E-state index is 10.7. The first-order chi connectivity index (χ1) is 10.6. The summed E-state index contributed by atoms with van der Waals surface area (Å²) in [6, 6.07) is 4.65. The van der Waals surface area contributed by atoms with Crippen LogP contribution in [0.2, 0.25) is 0 Å². The van der Waals surface area contributed by atoms with E-state index < -0.39 is 5.60 Å². The molecule has 0 radical (unpaired) electrons. The Morgan fingerprint density at radius 2 is 2.00 bits per heavy atom. The zero-order valence-corrected chi connectivity index (χ0v) is 13.7. The fourth-order valence-corrected chi connectivity index (χ4v) is 3.51. The molecule has 1 atom stereocenters. The molecule has 4 heteroatoms. The zero-order valence-electron chi connectivity index (χ0n) is 13.7. The fraction of sp³-hybridized carbons (Fsp3) is 0.667. The molecule has 4 nitrogen and oxygen atoms in total. The second-order valence-corrected chi connectivity index (χ2v) is 6.76. The monoisotopic (exact) mass is 305 g/mol. The molecule has 2 heterocycles. The van der Waals surface area contributed by atoms with Gasteiger partial charge in [-0.1, -0.05) is 17.7 Å². The van der Waals surface area contributed by atoms with Crippen LogP contribution >= 0.6 is 0 Å². The van der Waals surface area contributed by atoms with Gasteiger partial charge in [0.1, 0.15) is 5.75 Å². The highest BCUT2D eigenvalue weighted by molar-refractivity contribution is 5.46. The number of rotatable bonds is 3. The Kier molecular flexibility index (Phi) is 4.71. The lowest BCUT2D eigenvalue weighted by molar-refractivity contribution is -0.0629. The molecule has 1 saturated heterocycles. The molecule has 3 rings (SSSR count). The summed E-state index contributed by atoms with van der Waals surface area (Å²) in [5.41, 5.74) is 3.07. The Labute approximate surface area is 132 Å². The summed E-state index contributed by atoms with van der Waals surface area (Å²) in [5, 5.41) is 14.3. The van der Waals surface area contributed by atoms with Crippen molar-refractivity contribution >= 4 is 0 Å². The highest BCUT2D eigenvalue weighted by Gasteiger charge is 2.31. The van der Waals surface area contributed by atoms with Crippen molar-refractivity contribution < 1.29 is 14.6 Å². The van der Waals surface area contributed by atoms with E-state index in [0.29, 0.717) is 32.6 Å². The summed E-state index contributed by atoms with van der Waals surface area (Å²) >= 11 is 0. The molecule has 0 amide bonds. The van der Waals surface area contributed by atoms with E-state index in [4.69, 9.17) is 9.47 Å². The smallest absolute Gasteiger partial charge is 0.126 e. The van der Waals surface area contributed by atoms with Crippen molar-refractivity contribution in [1.29, 1.82) is 0 Å². The van der Waals surface area contributed by atoms with Crippen LogP contribution in [-0.2, 0) is 4.74 Å². The summed E-state index contributed by atoms with van der Waals surface area (Å²) in [7, 11) is 0. The van der Waals surface area contributed by atoms with Crippen LogP contribution in [-0.4, -0.2) is 37.1 Å². The van der Waals surface area contributed by atoms with Crippen molar-refractivity contribution in [3.63, 3.8) is 0 Å². The van der Waals surface area contributed by atoms with Crippen molar-refractivity contribution in [2.24, 2.45) is 0 Å². The minimum Gasteiger partial charge on any atom is -0.493 e. The average Bonchev–Trinajstić information content (AvgIpc) is 2.68. The SMILES string of the molecule is Cc1cc(C)c2c(c1)C(NCC1(O)CCOCC1)CCCO2. The molecule has 0 spiro atoms. The van der Waals surface area contributed by atoms with Gasteiger partial charge in [0, 0.05) is 44.2 Å². The van der Waals surface area contributed by atoms with E-state index in [0.717, 1.165) is 25.2 Å². The van der Waals surface area contributed by atoms with Gasteiger partial charge >= 0.3 is 0 Å². The summed E-state index contributed by atoms with van der Waals surface area (Å²) in [5.74, 6) is 1.03. The standard InChI is InChI=1S/C18H27NO3/c1-13-10-14(2)17-15(11-13)16(4-3-7-22-17)19-12-18(20)5-8-21-9-6-18/h10-11,16,19-20H,3-9,12H2,1-2H3. The topological polar surface area (TPSA) is 50.7 Å². The van der Waals surface area contributed by atoms with Crippen LogP contribution in [0.3, 0.4) is 0 Å². The molecular formula is C18H27NO3. The third-order valence-electron chi connectivity index (χ3n) is 4.81. The Morgan fingerprint density at radius 1 is 1.23 bits per heavy atom. The van der Waals surface area contributed by atoms with Crippen LogP contribution < -0.4 is 10.1 Å². The third-order valence-corrected chi connectivity index (χ3v) is 4.81. The van der Waals surface area contributed by atoms with Gasteiger partial charge in [0.2, 0.25) is 0 Å². The Balaban J connectivity index is 1.76. The van der Waals surface area contributed by atoms with Gasteiger partial charge in [0.05, 0.1) is 12.2 Å². The van der Waals surface area contributed by atoms with Crippen LogP contribution in [0.4, 0.5) is 0 Å². The second kappa shape index (κ2) is 6.57. The molecule has 122 valence electrons. The van der Waals surface area contributed by atoms with Gasteiger partial charge < -0.3 is 19.9 Å². The number of nitrogens with one attached hydrogen (secondary N) is 1. The summed E-state index contributed by atoms with van der Waals surface area (Å²) < 4.78 is 11.3. The summed E-state index contributed by atoms with van der Waals surface area (Å²) in [6.07, 6.45) is 3.50. The molecular weight excluding hydrogens is 278 g/mol. The molecule has 22 heavy (non-hydrogen) atoms. The lowest BCUT2D eigenvalue weighted by atomic mass is 9.92. The predicted octanol–water partition coefficient (Wildman–Crippen LogP) is 2.65. The van der Waals surface area contributed by atoms with Crippen LogP contribution in [0.25, 0.3) is 0 Å². The number of ether oxygens (including phenoxy) is 2. The molecule has 2 N–H and O–H groups in total. The molecule has 1 fully saturated rings. The van der Waals surface area contributed by atoms with E-state index >= 15 is 0 Å². The van der Waals surface area contributed by atoms with Crippen LogP contribution in [0.5, 0.6) is 5.75 Å². The molecule has 0 aliphatic carbocycles. The minimum absolute atomic E-state index is 0.253. The quantitative estimate of drug-likeness (QED) is 0.901. The molecule has 0 aromatic heterocycles. The van der Waals surface area contributed by atoms with E-state index in [1.165, 1.54) is 16.7 Å². The molecule has 2 aliphatic rings. The fourth-order valence-electron chi connectivity index (χ4n) is 3.51. The van der Waals surface area contributed by atoms with Crippen molar-refractivity contribution in [2.75, 3.05) is 26.4 Å². The molecule has 1 unspecified atom stereocenters. The molecule has 1 aromatic carbocycles. The lowest BCUT2D eigenvalue weighted by Gasteiger charge is -2.34. The van der Waals surface area contributed by atoms with Crippen LogP contribution in [0.15, 0.2) is 12.1 Å². The second-order valence-electron chi connectivity index (χ2n) is 6.76. The zero-order chi connectivity index (χ0) is 15.6. The third kappa shape index (κ3) is 3.45. The molecule has 2 aliphatic heterocycles. The van der Waals surface area contributed by atoms with Crippen LogP contribution in [0.1, 0.15) is 48.4 Å². The minimum atomic E-state index is -0.634. The lowest BCUT2D eigenvalue weighted by Crippen LogP contribution is -2.45. The number of benzene rings is 1. The van der Waals surface area contributed by atoms with Gasteiger partial charge in [-0.15, -0.1) is 0 Å². The number of aliphatic hydroxyl groups is 1. The van der Waals surface area contributed by atoms with E-state index in [-0.39, 0.29) is 6.04 Å². The first kappa shape index (κ1) is 15.8. The Hall–Kier alpha value is -1.10. The van der Waals surface area contributed by atoms with E-state index in [1.54, 1.807) is 0 Å². The number of hydrogen-bond acceptors (Lipinski definition) is 4. The number of fused-ring (bicyclic) bond motifs is 1. The number of aryl methyl sites for hydroxylation is 2. The van der Waals surface area contributed by atoms with Crippen molar-refractivity contribution in [2.45, 2.75) is 51.2 Å². The Morgan fingerprint density at radius 3 is 2.77 bits per heavy atom. The highest BCUT2D eigenvalue weighted by atomic mass is 16.5. The van der Waals surface area contributed by atoms with Gasteiger partial charge in [0.15, 0.2) is 0 Å². The van der Waals surface area contributed by atoms with Crippen molar-refractivity contribution in [1.82, 2.24) is 5.32 Å². The van der Waals surface area contributed by atoms with Gasteiger partial charge in [-0.2, -0.15) is 0 Å². The van der Waals surface area contributed by atoms with Gasteiger partial charge in [-0.25, -0.2) is 0 Å². The first-order valence-electron chi connectivity index (χ1n) is 8.35. The van der Waals surface area contributed by atoms with E-state index in [2.05, 4.69) is 31.3 Å². The van der Waals surface area contributed by atoms with E-state index in [1.807, 2.05) is 0 Å². The Bertz CT molecular complexity index is 523. The van der Waals surface area contributed by atoms with E-state index in [9.17, 15) is 5.11 Å². The number of hydrogen-bond donors (Lipinski definition) is 2. The van der Waals surface area contributed by atoms with Gasteiger partial charge in [-0.3, -0.25) is 0 Å². The highest BCUT2D eigenvalue weighted by Crippen LogP contribution is 2.35. The van der Waals surface area contributed by atoms with Gasteiger partial charge in [0.25, 0.3) is 0 Å². The summed E-state index contributed by atoms with van der Waals surface area (Å²) in [6.45, 7) is 6.93. The largest absolute Gasteiger partial charge is 0.493 e. The molecule has 0 bridgehead atoms. The van der Waals surface area contributed by atoms with Crippen LogP contribution in [0, 0.1) is 13.8 Å². The van der Waals surface area contributed by atoms with Crippen molar-refractivity contribution in [3.8, 4) is 5.75 Å². The molecule has 1 aromatic rings. The average molecular weight is 305 g/mol.